The molecule has 3 rings (SSSR count). The van der Waals surface area contributed by atoms with E-state index < -0.39 is 40.5 Å². The van der Waals surface area contributed by atoms with E-state index in [0.29, 0.717) is 11.3 Å². The van der Waals surface area contributed by atoms with Crippen LogP contribution >= 0.6 is 0 Å². The third kappa shape index (κ3) is 4.50. The molecule has 1 aliphatic heterocycles. The average molecular weight is 426 g/mol. The van der Waals surface area contributed by atoms with Crippen molar-refractivity contribution in [1.29, 1.82) is 0 Å². The van der Waals surface area contributed by atoms with Crippen LogP contribution in [0.3, 0.4) is 0 Å². The van der Waals surface area contributed by atoms with Crippen molar-refractivity contribution in [2.75, 3.05) is 12.1 Å². The summed E-state index contributed by atoms with van der Waals surface area (Å²) >= 11 is 0. The first kappa shape index (κ1) is 20.6. The average Bonchev–Trinajstić information content (AvgIpc) is 3.14. The Kier molecular flexibility index (Phi) is 5.51. The minimum atomic E-state index is -4.58. The maximum atomic E-state index is 13.2. The van der Waals surface area contributed by atoms with Crippen molar-refractivity contribution in [3.8, 4) is 0 Å². The zero-order chi connectivity index (χ0) is 21.2. The van der Waals surface area contributed by atoms with Crippen molar-refractivity contribution < 1.29 is 31.4 Å². The summed E-state index contributed by atoms with van der Waals surface area (Å²) < 4.78 is 70.9. The lowest BCUT2D eigenvalue weighted by Gasteiger charge is -2.24. The molecule has 11 heteroatoms. The molecule has 1 aliphatic rings. The van der Waals surface area contributed by atoms with Crippen LogP contribution < -0.4 is 10.1 Å². The van der Waals surface area contributed by atoms with Crippen LogP contribution in [-0.2, 0) is 14.8 Å². The molecule has 0 fully saturated rings. The number of methoxy groups -OCH3 is 1. The number of benzene rings is 2. The summed E-state index contributed by atoms with van der Waals surface area (Å²) in [7, 11) is -3.30. The summed E-state index contributed by atoms with van der Waals surface area (Å²) in [6, 6.07) is 12.7. The predicted octanol–water partition coefficient (Wildman–Crippen LogP) is 2.61. The minimum absolute atomic E-state index is 0.284. The molecule has 1 atom stereocenters. The molecule has 0 N–H and O–H groups in total. The molecule has 1 unspecified atom stereocenters. The number of nitrogens with zero attached hydrogens (tertiary/aromatic N) is 3. The first-order valence-corrected chi connectivity index (χ1v) is 9.71. The van der Waals surface area contributed by atoms with Gasteiger partial charge in [0.25, 0.3) is 10.0 Å². The van der Waals surface area contributed by atoms with Gasteiger partial charge in [-0.05, 0) is 36.9 Å². The summed E-state index contributed by atoms with van der Waals surface area (Å²) in [5, 5.41) is 16.1. The number of hydrogen-bond donors (Lipinski definition) is 0. The number of para-hydroxylation sites is 1. The molecule has 0 spiro atoms. The van der Waals surface area contributed by atoms with E-state index in [0.717, 1.165) is 7.11 Å². The van der Waals surface area contributed by atoms with Crippen LogP contribution in [-0.4, -0.2) is 33.5 Å². The van der Waals surface area contributed by atoms with Crippen LogP contribution in [0, 0.1) is 0 Å². The number of hydrazone groups is 1. The summed E-state index contributed by atoms with van der Waals surface area (Å²) in [5.41, 5.74) is -0.0354. The highest BCUT2D eigenvalue weighted by atomic mass is 32.2. The maximum Gasteiger partial charge on any atom is 0.431 e. The third-order valence-electron chi connectivity index (χ3n) is 4.19. The van der Waals surface area contributed by atoms with Crippen molar-refractivity contribution >= 4 is 27.5 Å². The fraction of sp³-hybridized carbons (Fsp3) is 0.222. The number of rotatable bonds is 4. The molecule has 0 radical (unpaired) electrons. The summed E-state index contributed by atoms with van der Waals surface area (Å²) in [6.45, 7) is 0. The lowest BCUT2D eigenvalue weighted by molar-refractivity contribution is -0.246. The van der Waals surface area contributed by atoms with Crippen LogP contribution in [0.15, 0.2) is 69.0 Å². The van der Waals surface area contributed by atoms with Crippen LogP contribution in [0.25, 0.3) is 0 Å². The predicted molar refractivity (Wildman–Crippen MR) is 97.8 cm³/mol. The van der Waals surface area contributed by atoms with Crippen LogP contribution in [0.1, 0.15) is 18.0 Å². The Hall–Kier alpha value is -3.08. The van der Waals surface area contributed by atoms with Gasteiger partial charge in [-0.1, -0.05) is 30.3 Å². The second-order valence-corrected chi connectivity index (χ2v) is 7.65. The van der Waals surface area contributed by atoms with E-state index in [1.807, 2.05) is 0 Å². The quantitative estimate of drug-likeness (QED) is 0.553. The minimum Gasteiger partial charge on any atom is -0.603 e. The van der Waals surface area contributed by atoms with Gasteiger partial charge in [0, 0.05) is 6.42 Å². The van der Waals surface area contributed by atoms with Gasteiger partial charge in [0.2, 0.25) is 0 Å². The van der Waals surface area contributed by atoms with E-state index in [9.17, 15) is 26.7 Å². The summed E-state index contributed by atoms with van der Waals surface area (Å²) in [5.74, 6) is 0. The van der Waals surface area contributed by atoms with E-state index in [-0.39, 0.29) is 4.90 Å². The highest BCUT2D eigenvalue weighted by Gasteiger charge is 2.43. The zero-order valence-electron chi connectivity index (χ0n) is 15.0. The van der Waals surface area contributed by atoms with E-state index >= 15 is 0 Å². The Morgan fingerprint density at radius 1 is 1.17 bits per heavy atom. The van der Waals surface area contributed by atoms with E-state index in [1.54, 1.807) is 30.3 Å². The van der Waals surface area contributed by atoms with Gasteiger partial charge in [-0.25, -0.2) is 0 Å². The van der Waals surface area contributed by atoms with Crippen LogP contribution in [0.2, 0.25) is 0 Å². The van der Waals surface area contributed by atoms with Crippen LogP contribution in [0.5, 0.6) is 0 Å². The van der Waals surface area contributed by atoms with Crippen molar-refractivity contribution in [2.24, 2.45) is 9.50 Å². The van der Waals surface area contributed by atoms with Gasteiger partial charge < -0.3 is 9.84 Å². The number of halogens is 3. The highest BCUT2D eigenvalue weighted by Crippen LogP contribution is 2.39. The molecule has 1 heterocycles. The first-order valence-electron chi connectivity index (χ1n) is 8.27. The molecule has 0 saturated heterocycles. The molecule has 0 saturated carbocycles. The lowest BCUT2D eigenvalue weighted by atomic mass is 10.0. The number of sulfonamides is 1. The van der Waals surface area contributed by atoms with Crippen molar-refractivity contribution in [2.45, 2.75) is 23.5 Å². The van der Waals surface area contributed by atoms with Gasteiger partial charge in [0.15, 0.2) is 6.08 Å². The monoisotopic (exact) mass is 426 g/mol. The van der Waals surface area contributed by atoms with E-state index in [1.165, 1.54) is 29.3 Å². The first-order chi connectivity index (χ1) is 13.6. The molecule has 7 nitrogen and oxygen atoms in total. The third-order valence-corrected chi connectivity index (χ3v) is 5.45. The Bertz CT molecular complexity index is 1040. The molecule has 29 heavy (non-hydrogen) atoms. The lowest BCUT2D eigenvalue weighted by Crippen LogP contribution is -2.22. The van der Waals surface area contributed by atoms with Crippen molar-refractivity contribution in [3.05, 3.63) is 60.2 Å². The number of alkyl halides is 3. The fourth-order valence-corrected chi connectivity index (χ4v) is 3.67. The van der Waals surface area contributed by atoms with Gasteiger partial charge in [0.1, 0.15) is 5.71 Å². The number of ether oxygens (including phenoxy) is 1. The number of anilines is 1. The summed E-state index contributed by atoms with van der Waals surface area (Å²) in [6.07, 6.45) is -6.25. The molecule has 2 aromatic rings. The smallest absolute Gasteiger partial charge is 0.431 e. The molecular weight excluding hydrogens is 411 g/mol. The van der Waals surface area contributed by atoms with E-state index in [2.05, 4.69) is 14.2 Å². The maximum absolute atomic E-state index is 13.2. The second-order valence-electron chi connectivity index (χ2n) is 6.05. The van der Waals surface area contributed by atoms with Crippen molar-refractivity contribution in [3.63, 3.8) is 0 Å². The Morgan fingerprint density at radius 2 is 1.79 bits per heavy atom. The zero-order valence-corrected chi connectivity index (χ0v) is 15.8. The van der Waals surface area contributed by atoms with Crippen molar-refractivity contribution in [1.82, 2.24) is 0 Å². The molecule has 154 valence electrons. The highest BCUT2D eigenvalue weighted by molar-refractivity contribution is 7.90. The second kappa shape index (κ2) is 7.74. The van der Waals surface area contributed by atoms with Gasteiger partial charge in [-0.3, -0.25) is 5.01 Å². The fourth-order valence-electron chi connectivity index (χ4n) is 2.81. The topological polar surface area (TPSA) is 94.4 Å². The Balaban J connectivity index is 1.95. The van der Waals surface area contributed by atoms with E-state index in [4.69, 9.17) is 0 Å². The van der Waals surface area contributed by atoms with Crippen LogP contribution in [0.4, 0.5) is 18.9 Å². The molecule has 0 aromatic heterocycles. The molecule has 0 amide bonds. The molecule has 0 bridgehead atoms. The SMILES string of the molecule is CO/C([O-])=N\S(=O)(=O)c1ccc(C2CC(C(F)(F)F)=NN2c2ccccc2)cc1. The Morgan fingerprint density at radius 3 is 2.34 bits per heavy atom. The molecule has 2 aromatic carbocycles. The molecule has 0 aliphatic carbocycles. The van der Waals surface area contributed by atoms with Gasteiger partial charge in [0.05, 0.1) is 16.6 Å². The van der Waals surface area contributed by atoms with Gasteiger partial charge in [-0.15, -0.1) is 4.40 Å². The Labute approximate surface area is 164 Å². The summed E-state index contributed by atoms with van der Waals surface area (Å²) in [4.78, 5) is -0.284. The standard InChI is InChI=1S/C18H16F3N3O4S/c1-28-17(25)23-29(26,27)14-9-7-12(8-10-14)15-11-16(18(19,20)21)22-24(15)13-5-3-2-4-6-13/h2-10,15H,11H2,1H3,(H,23,25)/p-1. The largest absolute Gasteiger partial charge is 0.603 e. The van der Waals surface area contributed by atoms with Gasteiger partial charge in [-0.2, -0.15) is 26.7 Å². The number of hydrogen-bond acceptors (Lipinski definition) is 6. The molecular formula is C18H15F3N3O4S-. The normalized spacial score (nSPS) is 17.9. The van der Waals surface area contributed by atoms with Gasteiger partial charge >= 0.3 is 6.18 Å².